The molecule has 0 saturated heterocycles. The van der Waals surface area contributed by atoms with Crippen molar-refractivity contribution in [2.45, 2.75) is 45.6 Å². The van der Waals surface area contributed by atoms with Gasteiger partial charge in [0.1, 0.15) is 12.3 Å². The van der Waals surface area contributed by atoms with Crippen molar-refractivity contribution in [1.82, 2.24) is 25.9 Å². The minimum Gasteiger partial charge on any atom is -0.446 e. The van der Waals surface area contributed by atoms with E-state index in [1.807, 2.05) is 51.4 Å². The second-order valence-corrected chi connectivity index (χ2v) is 8.10. The van der Waals surface area contributed by atoms with Gasteiger partial charge in [0.15, 0.2) is 5.69 Å². The van der Waals surface area contributed by atoms with Crippen LogP contribution in [0.2, 0.25) is 0 Å². The van der Waals surface area contributed by atoms with Gasteiger partial charge < -0.3 is 25.4 Å². The number of hydrogen-bond donors (Lipinski definition) is 4. The zero-order valence-electron chi connectivity index (χ0n) is 19.0. The number of nitrogens with one attached hydrogen (secondary N) is 4. The number of rotatable bonds is 12. The highest BCUT2D eigenvalue weighted by molar-refractivity contribution is 5.92. The molecule has 0 radical (unpaired) electrons. The molecular weight excluding hydrogens is 406 g/mol. The van der Waals surface area contributed by atoms with E-state index in [1.165, 1.54) is 6.26 Å². The lowest BCUT2D eigenvalue weighted by Crippen LogP contribution is -2.34. The van der Waals surface area contributed by atoms with Crippen LogP contribution >= 0.6 is 0 Å². The molecule has 172 valence electrons. The summed E-state index contributed by atoms with van der Waals surface area (Å²) in [7, 11) is 1.91. The van der Waals surface area contributed by atoms with E-state index in [-0.39, 0.29) is 29.8 Å². The molecule has 2 atom stereocenters. The minimum absolute atomic E-state index is 0.0954. The average molecular weight is 440 g/mol. The fourth-order valence-corrected chi connectivity index (χ4v) is 3.61. The second-order valence-electron chi connectivity index (χ2n) is 8.10. The Bertz CT molecular complexity index is 1030. The normalized spacial score (nSPS) is 13.1. The first-order valence-electron chi connectivity index (χ1n) is 11.3. The number of carbonyl (C=O) groups is 2. The number of carbonyl (C=O) groups excluding carboxylic acids is 2. The van der Waals surface area contributed by atoms with Gasteiger partial charge in [-0.05, 0) is 44.0 Å². The summed E-state index contributed by atoms with van der Waals surface area (Å²) in [5.74, 6) is 0.0660. The molecule has 2 heterocycles. The first-order chi connectivity index (χ1) is 15.5. The van der Waals surface area contributed by atoms with Crippen LogP contribution in [0.5, 0.6) is 0 Å². The van der Waals surface area contributed by atoms with Crippen LogP contribution in [0.15, 0.2) is 41.1 Å². The molecule has 3 aromatic rings. The van der Waals surface area contributed by atoms with Crippen LogP contribution in [0.3, 0.4) is 0 Å². The predicted molar refractivity (Wildman–Crippen MR) is 124 cm³/mol. The summed E-state index contributed by atoms with van der Waals surface area (Å²) in [5.41, 5.74) is 2.17. The molecule has 0 saturated carbocycles. The van der Waals surface area contributed by atoms with Crippen molar-refractivity contribution in [2.75, 3.05) is 20.1 Å². The highest BCUT2D eigenvalue weighted by Gasteiger charge is 2.26. The molecule has 32 heavy (non-hydrogen) atoms. The van der Waals surface area contributed by atoms with Gasteiger partial charge in [0.05, 0.1) is 6.42 Å². The molecule has 2 aromatic heterocycles. The average Bonchev–Trinajstić information content (AvgIpc) is 3.45. The zero-order chi connectivity index (χ0) is 22.9. The summed E-state index contributed by atoms with van der Waals surface area (Å²) in [5, 5.41) is 10.0. The van der Waals surface area contributed by atoms with Gasteiger partial charge >= 0.3 is 0 Å². The molecule has 0 aliphatic heterocycles. The summed E-state index contributed by atoms with van der Waals surface area (Å²) < 4.78 is 5.62. The monoisotopic (exact) mass is 439 g/mol. The molecule has 2 amide bonds. The third kappa shape index (κ3) is 5.97. The van der Waals surface area contributed by atoms with Gasteiger partial charge in [-0.25, -0.2) is 4.98 Å². The molecule has 0 bridgehead atoms. The summed E-state index contributed by atoms with van der Waals surface area (Å²) in [6.07, 6.45) is 6.17. The largest absolute Gasteiger partial charge is 0.446 e. The van der Waals surface area contributed by atoms with E-state index in [0.717, 1.165) is 42.3 Å². The number of fused-ring (bicyclic) bond motifs is 1. The number of hydrogen-bond acceptors (Lipinski definition) is 5. The van der Waals surface area contributed by atoms with Crippen LogP contribution in [-0.2, 0) is 11.2 Å². The number of oxazole rings is 1. The van der Waals surface area contributed by atoms with Crippen LogP contribution in [0.4, 0.5) is 0 Å². The number of aromatic nitrogens is 2. The molecule has 0 unspecified atom stereocenters. The molecular formula is C24H33N5O3. The quantitative estimate of drug-likeness (QED) is 0.324. The van der Waals surface area contributed by atoms with Crippen LogP contribution < -0.4 is 16.0 Å². The van der Waals surface area contributed by atoms with Crippen molar-refractivity contribution in [3.63, 3.8) is 0 Å². The summed E-state index contributed by atoms with van der Waals surface area (Å²) in [6, 6.07) is 7.49. The first-order valence-corrected chi connectivity index (χ1v) is 11.3. The Hall–Kier alpha value is -3.13. The Morgan fingerprint density at radius 1 is 1.19 bits per heavy atom. The summed E-state index contributed by atoms with van der Waals surface area (Å²) >= 11 is 0. The fraction of sp³-hybridized carbons (Fsp3) is 0.458. The van der Waals surface area contributed by atoms with Gasteiger partial charge in [-0.1, -0.05) is 38.5 Å². The second kappa shape index (κ2) is 11.5. The van der Waals surface area contributed by atoms with Gasteiger partial charge in [0, 0.05) is 23.6 Å². The Labute approximate surface area is 188 Å². The van der Waals surface area contributed by atoms with Gasteiger partial charge in [0.25, 0.3) is 5.91 Å². The predicted octanol–water partition coefficient (Wildman–Crippen LogP) is 3.33. The van der Waals surface area contributed by atoms with E-state index in [0.29, 0.717) is 12.4 Å². The first kappa shape index (κ1) is 23.5. The van der Waals surface area contributed by atoms with Gasteiger partial charge in [-0.2, -0.15) is 0 Å². The van der Waals surface area contributed by atoms with Crippen LogP contribution in [0, 0.1) is 5.92 Å². The highest BCUT2D eigenvalue weighted by atomic mass is 16.3. The minimum atomic E-state index is -0.408. The topological polar surface area (TPSA) is 112 Å². The van der Waals surface area contributed by atoms with Crippen molar-refractivity contribution in [3.8, 4) is 0 Å². The maximum absolute atomic E-state index is 12.8. The number of aromatic amines is 1. The molecule has 8 heteroatoms. The van der Waals surface area contributed by atoms with E-state index in [1.54, 1.807) is 0 Å². The molecule has 0 fully saturated rings. The third-order valence-corrected chi connectivity index (χ3v) is 5.72. The molecule has 0 aliphatic carbocycles. The van der Waals surface area contributed by atoms with E-state index >= 15 is 0 Å². The fourth-order valence-electron chi connectivity index (χ4n) is 3.61. The van der Waals surface area contributed by atoms with E-state index in [9.17, 15) is 9.59 Å². The van der Waals surface area contributed by atoms with Crippen molar-refractivity contribution >= 4 is 22.7 Å². The third-order valence-electron chi connectivity index (χ3n) is 5.72. The van der Waals surface area contributed by atoms with Crippen molar-refractivity contribution < 1.29 is 14.0 Å². The van der Waals surface area contributed by atoms with Crippen molar-refractivity contribution in [2.24, 2.45) is 5.92 Å². The number of unbranched alkanes of at least 4 members (excludes halogenated alkanes) is 1. The van der Waals surface area contributed by atoms with E-state index in [2.05, 4.69) is 25.9 Å². The summed E-state index contributed by atoms with van der Waals surface area (Å²) in [4.78, 5) is 32.8. The molecule has 4 N–H and O–H groups in total. The number of amides is 2. The Morgan fingerprint density at radius 3 is 2.75 bits per heavy atom. The lowest BCUT2D eigenvalue weighted by molar-refractivity contribution is -0.121. The van der Waals surface area contributed by atoms with E-state index in [4.69, 9.17) is 4.42 Å². The molecule has 3 rings (SSSR count). The maximum Gasteiger partial charge on any atom is 0.273 e. The SMILES string of the molecule is CC[C@H](C)[C@H](NC(=O)Cc1c[nH]c2ccccc12)c1nc(C(=O)NCCCCNC)co1. The zero-order valence-corrected chi connectivity index (χ0v) is 19.0. The molecule has 0 aliphatic rings. The van der Waals surface area contributed by atoms with Crippen molar-refractivity contribution in [3.05, 3.63) is 53.9 Å². The van der Waals surface area contributed by atoms with Gasteiger partial charge in [0.2, 0.25) is 11.8 Å². The maximum atomic E-state index is 12.8. The molecule has 1 aromatic carbocycles. The van der Waals surface area contributed by atoms with Gasteiger partial charge in [-0.3, -0.25) is 9.59 Å². The highest BCUT2D eigenvalue weighted by Crippen LogP contribution is 2.25. The van der Waals surface area contributed by atoms with Crippen molar-refractivity contribution in [1.29, 1.82) is 0 Å². The molecule has 8 nitrogen and oxygen atoms in total. The number of benzene rings is 1. The Balaban J connectivity index is 1.63. The molecule has 0 spiro atoms. The lowest BCUT2D eigenvalue weighted by atomic mass is 9.98. The number of nitrogens with zero attached hydrogens (tertiary/aromatic N) is 1. The van der Waals surface area contributed by atoms with Crippen LogP contribution in [0.25, 0.3) is 10.9 Å². The lowest BCUT2D eigenvalue weighted by Gasteiger charge is -2.21. The smallest absolute Gasteiger partial charge is 0.273 e. The van der Waals surface area contributed by atoms with Gasteiger partial charge in [-0.15, -0.1) is 0 Å². The summed E-state index contributed by atoms with van der Waals surface area (Å²) in [6.45, 7) is 5.57. The Morgan fingerprint density at radius 2 is 1.97 bits per heavy atom. The number of H-pyrrole nitrogens is 1. The van der Waals surface area contributed by atoms with Crippen LogP contribution in [-0.4, -0.2) is 41.9 Å². The standard InChI is InChI=1S/C24H33N5O3/c1-4-16(2)22(24-28-20(15-32-24)23(31)26-12-8-7-11-25-3)29-21(30)13-17-14-27-19-10-6-5-9-18(17)19/h5-6,9-10,14-16,22,25,27H,4,7-8,11-13H2,1-3H3,(H,26,31)(H,29,30)/t16-,22-/m0/s1. The van der Waals surface area contributed by atoms with Crippen LogP contribution in [0.1, 0.15) is 61.1 Å². The van der Waals surface area contributed by atoms with E-state index < -0.39 is 6.04 Å². The Kier molecular flexibility index (Phi) is 8.44. The number of para-hydroxylation sites is 1.